The monoisotopic (exact) mass is 417 g/mol. The van der Waals surface area contributed by atoms with Crippen molar-refractivity contribution in [3.8, 4) is 0 Å². The van der Waals surface area contributed by atoms with Gasteiger partial charge in [-0.25, -0.2) is 0 Å². The average Bonchev–Trinajstić information content (AvgIpc) is 2.49. The van der Waals surface area contributed by atoms with Crippen molar-refractivity contribution < 1.29 is 4.74 Å². The summed E-state index contributed by atoms with van der Waals surface area (Å²) in [5.74, 6) is 0.883. The molecule has 4 nitrogen and oxygen atoms in total. The molecule has 124 valence electrons. The quantitative estimate of drug-likeness (QED) is 0.311. The predicted octanol–water partition coefficient (Wildman–Crippen LogP) is 2.93. The van der Waals surface area contributed by atoms with E-state index in [0.29, 0.717) is 0 Å². The Morgan fingerprint density at radius 3 is 2.50 bits per heavy atom. The van der Waals surface area contributed by atoms with Gasteiger partial charge in [-0.15, -0.1) is 24.0 Å². The zero-order chi connectivity index (χ0) is 15.0. The minimum absolute atomic E-state index is 0. The van der Waals surface area contributed by atoms with Gasteiger partial charge in [0.15, 0.2) is 5.96 Å². The van der Waals surface area contributed by atoms with E-state index in [1.54, 1.807) is 7.11 Å². The lowest BCUT2D eigenvalue weighted by Crippen LogP contribution is -2.49. The van der Waals surface area contributed by atoms with Gasteiger partial charge in [-0.1, -0.05) is 36.8 Å². The number of nitrogens with one attached hydrogen (secondary N) is 2. The Balaban J connectivity index is 0.00000242. The number of halogens is 1. The maximum Gasteiger partial charge on any atom is 0.191 e. The Hall–Kier alpha value is -0.820. The molecule has 0 aromatic heterocycles. The number of nitrogens with zero attached hydrogens (tertiary/aromatic N) is 1. The number of benzene rings is 1. The second-order valence-corrected chi connectivity index (χ2v) is 5.70. The fraction of sp³-hybridized carbons (Fsp3) is 0.588. The maximum atomic E-state index is 5.06. The van der Waals surface area contributed by atoms with Crippen LogP contribution >= 0.6 is 24.0 Å². The summed E-state index contributed by atoms with van der Waals surface area (Å²) in [6.07, 6.45) is 4.81. The number of methoxy groups -OCH3 is 1. The molecule has 2 rings (SSSR count). The van der Waals surface area contributed by atoms with Crippen LogP contribution in [-0.4, -0.2) is 39.8 Å². The summed E-state index contributed by atoms with van der Waals surface area (Å²) in [6.45, 7) is 2.60. The van der Waals surface area contributed by atoms with Gasteiger partial charge in [0, 0.05) is 39.3 Å². The minimum Gasteiger partial charge on any atom is -0.385 e. The third-order valence-electron chi connectivity index (χ3n) is 4.33. The van der Waals surface area contributed by atoms with Crippen LogP contribution in [0.1, 0.15) is 31.2 Å². The molecule has 0 spiro atoms. The van der Waals surface area contributed by atoms with Gasteiger partial charge in [-0.2, -0.15) is 0 Å². The van der Waals surface area contributed by atoms with Gasteiger partial charge in [-0.3, -0.25) is 4.99 Å². The first-order valence-electron chi connectivity index (χ1n) is 7.80. The lowest BCUT2D eigenvalue weighted by molar-refractivity contribution is 0.195. The van der Waals surface area contributed by atoms with Crippen LogP contribution in [0.4, 0.5) is 0 Å². The fourth-order valence-electron chi connectivity index (χ4n) is 2.86. The molecule has 0 atom stereocenters. The van der Waals surface area contributed by atoms with Crippen molar-refractivity contribution in [1.29, 1.82) is 0 Å². The van der Waals surface area contributed by atoms with E-state index in [2.05, 4.69) is 46.0 Å². The highest BCUT2D eigenvalue weighted by molar-refractivity contribution is 14.0. The number of aliphatic imine (C=N–C) groups is 1. The Bertz CT molecular complexity index is 446. The van der Waals surface area contributed by atoms with Crippen LogP contribution in [0.2, 0.25) is 0 Å². The summed E-state index contributed by atoms with van der Waals surface area (Å²) in [6, 6.07) is 10.8. The smallest absolute Gasteiger partial charge is 0.191 e. The predicted molar refractivity (Wildman–Crippen MR) is 103 cm³/mol. The van der Waals surface area contributed by atoms with Crippen molar-refractivity contribution in [3.05, 3.63) is 35.9 Å². The van der Waals surface area contributed by atoms with Crippen molar-refractivity contribution in [3.63, 3.8) is 0 Å². The van der Waals surface area contributed by atoms with Crippen LogP contribution in [0.3, 0.4) is 0 Å². The highest BCUT2D eigenvalue weighted by Gasteiger charge is 2.38. The first-order valence-corrected chi connectivity index (χ1v) is 7.80. The molecule has 1 aliphatic rings. The van der Waals surface area contributed by atoms with E-state index in [-0.39, 0.29) is 29.4 Å². The van der Waals surface area contributed by atoms with Gasteiger partial charge >= 0.3 is 0 Å². The van der Waals surface area contributed by atoms with Crippen LogP contribution in [0.25, 0.3) is 0 Å². The molecule has 1 fully saturated rings. The topological polar surface area (TPSA) is 45.7 Å². The summed E-state index contributed by atoms with van der Waals surface area (Å²) < 4.78 is 5.06. The van der Waals surface area contributed by atoms with E-state index in [1.165, 1.54) is 24.8 Å². The zero-order valence-corrected chi connectivity index (χ0v) is 15.9. The molecular weight excluding hydrogens is 389 g/mol. The van der Waals surface area contributed by atoms with Crippen LogP contribution < -0.4 is 10.6 Å². The van der Waals surface area contributed by atoms with Gasteiger partial charge in [0.2, 0.25) is 0 Å². The second-order valence-electron chi connectivity index (χ2n) is 5.70. The third kappa shape index (κ3) is 5.12. The van der Waals surface area contributed by atoms with Crippen LogP contribution in [0, 0.1) is 0 Å². The molecule has 1 saturated carbocycles. The van der Waals surface area contributed by atoms with E-state index in [1.807, 2.05) is 7.05 Å². The molecule has 2 N–H and O–H groups in total. The summed E-state index contributed by atoms with van der Waals surface area (Å²) in [4.78, 5) is 4.29. The molecule has 0 saturated heterocycles. The summed E-state index contributed by atoms with van der Waals surface area (Å²) in [5.41, 5.74) is 1.73. The normalized spacial score (nSPS) is 16.4. The lowest BCUT2D eigenvalue weighted by Gasteiger charge is -2.43. The molecule has 0 amide bonds. The van der Waals surface area contributed by atoms with E-state index in [4.69, 9.17) is 4.74 Å². The number of guanidine groups is 1. The Kier molecular flexibility index (Phi) is 8.78. The number of ether oxygens (including phenoxy) is 1. The SMILES string of the molecule is CN=C(NCCCOC)NCC1(c2ccccc2)CCC1.I. The highest BCUT2D eigenvalue weighted by atomic mass is 127. The van der Waals surface area contributed by atoms with Crippen molar-refractivity contribution in [2.75, 3.05) is 33.9 Å². The largest absolute Gasteiger partial charge is 0.385 e. The van der Waals surface area contributed by atoms with E-state index >= 15 is 0 Å². The molecule has 1 aliphatic carbocycles. The summed E-state index contributed by atoms with van der Waals surface area (Å²) in [7, 11) is 3.55. The van der Waals surface area contributed by atoms with Crippen molar-refractivity contribution in [1.82, 2.24) is 10.6 Å². The van der Waals surface area contributed by atoms with Crippen molar-refractivity contribution >= 4 is 29.9 Å². The maximum absolute atomic E-state index is 5.06. The first kappa shape index (κ1) is 19.2. The third-order valence-corrected chi connectivity index (χ3v) is 4.33. The van der Waals surface area contributed by atoms with Gasteiger partial charge < -0.3 is 15.4 Å². The minimum atomic E-state index is 0. The van der Waals surface area contributed by atoms with Gasteiger partial charge in [0.1, 0.15) is 0 Å². The summed E-state index contributed by atoms with van der Waals surface area (Å²) in [5, 5.41) is 6.82. The molecule has 5 heteroatoms. The molecule has 22 heavy (non-hydrogen) atoms. The molecule has 0 heterocycles. The number of hydrogen-bond acceptors (Lipinski definition) is 2. The van der Waals surface area contributed by atoms with E-state index in [9.17, 15) is 0 Å². The molecule has 1 aromatic rings. The molecule has 0 bridgehead atoms. The van der Waals surface area contributed by atoms with Crippen LogP contribution in [0.5, 0.6) is 0 Å². The van der Waals surface area contributed by atoms with Crippen LogP contribution in [-0.2, 0) is 10.2 Å². The Morgan fingerprint density at radius 2 is 1.95 bits per heavy atom. The Labute approximate surface area is 151 Å². The fourth-order valence-corrected chi connectivity index (χ4v) is 2.86. The van der Waals surface area contributed by atoms with E-state index in [0.717, 1.165) is 32.1 Å². The van der Waals surface area contributed by atoms with Gasteiger partial charge in [-0.05, 0) is 24.8 Å². The van der Waals surface area contributed by atoms with Gasteiger partial charge in [0.25, 0.3) is 0 Å². The summed E-state index contributed by atoms with van der Waals surface area (Å²) >= 11 is 0. The number of hydrogen-bond donors (Lipinski definition) is 2. The molecular formula is C17H28IN3O. The standard InChI is InChI=1S/C17H27N3O.HI/c1-18-16(19-12-7-13-21-2)20-14-17(10-6-11-17)15-8-4-3-5-9-15;/h3-5,8-9H,6-7,10-14H2,1-2H3,(H2,18,19,20);1H. The van der Waals surface area contributed by atoms with Crippen LogP contribution in [0.15, 0.2) is 35.3 Å². The van der Waals surface area contributed by atoms with Gasteiger partial charge in [0.05, 0.1) is 0 Å². The molecule has 1 aromatic carbocycles. The van der Waals surface area contributed by atoms with Crippen molar-refractivity contribution in [2.24, 2.45) is 4.99 Å². The first-order chi connectivity index (χ1) is 10.3. The van der Waals surface area contributed by atoms with Crippen molar-refractivity contribution in [2.45, 2.75) is 31.1 Å². The number of rotatable bonds is 7. The Morgan fingerprint density at radius 1 is 1.23 bits per heavy atom. The highest BCUT2D eigenvalue weighted by Crippen LogP contribution is 2.43. The molecule has 0 aliphatic heterocycles. The molecule has 0 radical (unpaired) electrons. The lowest BCUT2D eigenvalue weighted by atomic mass is 9.64. The van der Waals surface area contributed by atoms with E-state index < -0.39 is 0 Å². The second kappa shape index (κ2) is 10.0. The zero-order valence-electron chi connectivity index (χ0n) is 13.6. The molecule has 0 unspecified atom stereocenters. The average molecular weight is 417 g/mol.